The smallest absolute Gasteiger partial charge is 0.227 e. The van der Waals surface area contributed by atoms with E-state index in [4.69, 9.17) is 9.40 Å². The number of hydrogen-bond acceptors (Lipinski definition) is 3. The highest BCUT2D eigenvalue weighted by Gasteiger charge is 2.59. The fraction of sp³-hybridized carbons (Fsp3) is 0.0392. The zero-order chi connectivity index (χ0) is 35.2. The fourth-order valence-corrected chi connectivity index (χ4v) is 11.9. The van der Waals surface area contributed by atoms with E-state index in [2.05, 4.69) is 152 Å². The predicted molar refractivity (Wildman–Crippen MR) is 220 cm³/mol. The number of oxazole rings is 1. The summed E-state index contributed by atoms with van der Waals surface area (Å²) in [6.07, 6.45) is 0. The van der Waals surface area contributed by atoms with Gasteiger partial charge in [-0.05, 0) is 103 Å². The molecule has 0 unspecified atom stereocenters. The molecule has 0 saturated carbocycles. The Bertz CT molecular complexity index is 3120. The molecule has 2 nitrogen and oxygen atoms in total. The summed E-state index contributed by atoms with van der Waals surface area (Å²) in [6.45, 7) is 0. The van der Waals surface area contributed by atoms with Gasteiger partial charge in [0.2, 0.25) is 5.89 Å². The summed E-state index contributed by atoms with van der Waals surface area (Å²) in [5, 5.41) is 2.61. The third-order valence-electron chi connectivity index (χ3n) is 12.6. The Morgan fingerprint density at radius 1 is 0.389 bits per heavy atom. The summed E-state index contributed by atoms with van der Waals surface area (Å²) >= 11 is 1.88. The van der Waals surface area contributed by atoms with Gasteiger partial charge in [-0.25, -0.2) is 4.98 Å². The van der Waals surface area contributed by atoms with Crippen LogP contribution in [0.4, 0.5) is 0 Å². The van der Waals surface area contributed by atoms with Gasteiger partial charge in [0.15, 0.2) is 5.58 Å². The van der Waals surface area contributed by atoms with Crippen molar-refractivity contribution in [2.45, 2.75) is 10.8 Å². The minimum Gasteiger partial charge on any atom is -0.436 e. The Hall–Kier alpha value is -6.55. The van der Waals surface area contributed by atoms with E-state index < -0.39 is 10.8 Å². The van der Waals surface area contributed by atoms with Crippen molar-refractivity contribution in [1.82, 2.24) is 4.98 Å². The lowest BCUT2D eigenvalue weighted by atomic mass is 9.52. The van der Waals surface area contributed by atoms with E-state index in [1.54, 1.807) is 0 Å². The number of hydrogen-bond donors (Lipinski definition) is 0. The summed E-state index contributed by atoms with van der Waals surface area (Å²) in [4.78, 5) is 5.17. The summed E-state index contributed by atoms with van der Waals surface area (Å²) in [6, 6.07) is 65.4. The van der Waals surface area contributed by atoms with Crippen molar-refractivity contribution in [2.75, 3.05) is 0 Å². The van der Waals surface area contributed by atoms with Crippen LogP contribution in [-0.2, 0) is 10.8 Å². The number of aromatic nitrogens is 1. The Morgan fingerprint density at radius 2 is 0.944 bits per heavy atom. The van der Waals surface area contributed by atoms with Gasteiger partial charge in [-0.1, -0.05) is 140 Å². The van der Waals surface area contributed by atoms with Crippen LogP contribution in [0.25, 0.3) is 65.0 Å². The van der Waals surface area contributed by atoms with Crippen molar-refractivity contribution in [3.05, 3.63) is 220 Å². The topological polar surface area (TPSA) is 26.0 Å². The van der Waals surface area contributed by atoms with E-state index in [9.17, 15) is 0 Å². The van der Waals surface area contributed by atoms with Crippen LogP contribution in [0.15, 0.2) is 180 Å². The zero-order valence-electron chi connectivity index (χ0n) is 29.0. The van der Waals surface area contributed by atoms with E-state index >= 15 is 0 Å². The minimum absolute atomic E-state index is 0.500. The Balaban J connectivity index is 1.25. The van der Waals surface area contributed by atoms with Crippen LogP contribution in [0.5, 0.6) is 0 Å². The van der Waals surface area contributed by atoms with Gasteiger partial charge in [-0.2, -0.15) is 0 Å². The van der Waals surface area contributed by atoms with Crippen molar-refractivity contribution in [3.63, 3.8) is 0 Å². The second-order valence-electron chi connectivity index (χ2n) is 14.9. The molecule has 8 aromatic carbocycles. The molecule has 250 valence electrons. The summed E-state index contributed by atoms with van der Waals surface area (Å²) in [5.74, 6) is 0.652. The van der Waals surface area contributed by atoms with Crippen LogP contribution in [0, 0.1) is 0 Å². The predicted octanol–water partition coefficient (Wildman–Crippen LogP) is 12.9. The number of thiophene rings is 1. The molecule has 3 aliphatic rings. The molecule has 0 atom stereocenters. The lowest BCUT2D eigenvalue weighted by molar-refractivity contribution is 0.609. The molecule has 2 spiro atoms. The second-order valence-corrected chi connectivity index (χ2v) is 16.0. The number of nitrogens with zero attached hydrogens (tertiary/aromatic N) is 1. The molecule has 0 amide bonds. The van der Waals surface area contributed by atoms with Crippen LogP contribution in [0.3, 0.4) is 0 Å². The molecule has 0 bridgehead atoms. The Labute approximate surface area is 315 Å². The van der Waals surface area contributed by atoms with Crippen molar-refractivity contribution < 1.29 is 4.42 Å². The van der Waals surface area contributed by atoms with Crippen molar-refractivity contribution >= 4 is 42.6 Å². The number of fused-ring (bicyclic) bond motifs is 20. The molecular weight excluding hydrogens is 675 g/mol. The molecule has 0 saturated heterocycles. The van der Waals surface area contributed by atoms with E-state index in [0.29, 0.717) is 5.89 Å². The number of para-hydroxylation sites is 2. The first kappa shape index (κ1) is 29.0. The van der Waals surface area contributed by atoms with Crippen molar-refractivity contribution in [3.8, 4) is 33.7 Å². The monoisotopic (exact) mass is 703 g/mol. The maximum atomic E-state index is 6.69. The van der Waals surface area contributed by atoms with Gasteiger partial charge in [0.05, 0.1) is 10.8 Å². The fourth-order valence-electron chi connectivity index (χ4n) is 10.7. The zero-order valence-corrected chi connectivity index (χ0v) is 29.8. The summed E-state index contributed by atoms with van der Waals surface area (Å²) < 4.78 is 9.30. The average Bonchev–Trinajstić information content (AvgIpc) is 3.98. The minimum atomic E-state index is -0.663. The van der Waals surface area contributed by atoms with Gasteiger partial charge in [0, 0.05) is 25.7 Å². The second kappa shape index (κ2) is 10.1. The van der Waals surface area contributed by atoms with E-state index in [0.717, 1.165) is 16.7 Å². The largest absolute Gasteiger partial charge is 0.436 e. The van der Waals surface area contributed by atoms with Crippen LogP contribution < -0.4 is 0 Å². The first-order chi connectivity index (χ1) is 26.8. The molecule has 54 heavy (non-hydrogen) atoms. The van der Waals surface area contributed by atoms with Gasteiger partial charge >= 0.3 is 0 Å². The third-order valence-corrected chi connectivity index (χ3v) is 13.7. The molecule has 0 N–H and O–H groups in total. The molecule has 0 fully saturated rings. The lowest BCUT2D eigenvalue weighted by Gasteiger charge is -2.49. The lowest BCUT2D eigenvalue weighted by Crippen LogP contribution is -2.44. The standard InChI is InChI=1S/C51H29NOS/c1-4-19-37-30(14-1)31-15-2-5-20-38(31)50(37)39-21-6-8-23-41(39)51(42-24-9-7-22-40(42)50)43-28-36-32-16-3-12-27-46(32)54-47(36)29-35(43)33-17-13-18-34(48(33)51)49-52-44-25-10-11-26-45(44)53-49/h1-29H. The van der Waals surface area contributed by atoms with Crippen LogP contribution in [0.1, 0.15) is 44.5 Å². The van der Waals surface area contributed by atoms with Gasteiger partial charge < -0.3 is 4.42 Å². The highest BCUT2D eigenvalue weighted by Crippen LogP contribution is 2.68. The van der Waals surface area contributed by atoms with E-state index in [1.165, 1.54) is 86.9 Å². The highest BCUT2D eigenvalue weighted by atomic mass is 32.1. The van der Waals surface area contributed by atoms with Gasteiger partial charge in [-0.3, -0.25) is 0 Å². The number of rotatable bonds is 1. The van der Waals surface area contributed by atoms with Gasteiger partial charge in [0.25, 0.3) is 0 Å². The van der Waals surface area contributed by atoms with Crippen LogP contribution >= 0.6 is 11.3 Å². The average molecular weight is 704 g/mol. The first-order valence-corrected chi connectivity index (χ1v) is 19.4. The van der Waals surface area contributed by atoms with Crippen LogP contribution in [0.2, 0.25) is 0 Å². The maximum absolute atomic E-state index is 6.69. The molecule has 3 aliphatic carbocycles. The van der Waals surface area contributed by atoms with Gasteiger partial charge in [-0.15, -0.1) is 11.3 Å². The molecule has 0 aliphatic heterocycles. The SMILES string of the molecule is c1ccc2c(c1)-c1ccccc1C21c2ccccc2C2(c3cc4c(cc3-c3cccc(-c5nc6ccccc6o5)c32)sc2ccccc24)c2ccccc21. The summed E-state index contributed by atoms with van der Waals surface area (Å²) in [5.41, 5.74) is 17.1. The summed E-state index contributed by atoms with van der Waals surface area (Å²) in [7, 11) is 0. The van der Waals surface area contributed by atoms with Gasteiger partial charge in [0.1, 0.15) is 5.52 Å². The molecule has 2 aromatic heterocycles. The highest BCUT2D eigenvalue weighted by molar-refractivity contribution is 7.25. The quantitative estimate of drug-likeness (QED) is 0.170. The maximum Gasteiger partial charge on any atom is 0.227 e. The molecule has 0 radical (unpaired) electrons. The molecule has 2 heterocycles. The first-order valence-electron chi connectivity index (χ1n) is 18.6. The Morgan fingerprint density at radius 3 is 1.65 bits per heavy atom. The Kier molecular flexibility index (Phi) is 5.42. The van der Waals surface area contributed by atoms with E-state index in [-0.39, 0.29) is 0 Å². The molecule has 13 rings (SSSR count). The van der Waals surface area contributed by atoms with Crippen molar-refractivity contribution in [1.29, 1.82) is 0 Å². The number of benzene rings is 8. The normalized spacial score (nSPS) is 15.0. The van der Waals surface area contributed by atoms with Crippen molar-refractivity contribution in [2.24, 2.45) is 0 Å². The molecular formula is C51H29NOS. The van der Waals surface area contributed by atoms with E-state index in [1.807, 2.05) is 35.6 Å². The molecule has 3 heteroatoms. The third kappa shape index (κ3) is 3.28. The van der Waals surface area contributed by atoms with Crippen LogP contribution in [-0.4, -0.2) is 4.98 Å². The molecule has 10 aromatic rings.